The molecule has 0 spiro atoms. The quantitative estimate of drug-likeness (QED) is 0.622. The molecule has 1 aliphatic heterocycles. The van der Waals surface area contributed by atoms with E-state index in [1.54, 1.807) is 0 Å². The van der Waals surface area contributed by atoms with Crippen LogP contribution in [0.3, 0.4) is 0 Å². The molecule has 1 amide bonds. The van der Waals surface area contributed by atoms with Crippen LogP contribution in [-0.2, 0) is 4.79 Å². The number of alkyl halides is 3. The third-order valence-corrected chi connectivity index (χ3v) is 1.75. The Hall–Kier alpha value is -0.420. The fraction of sp³-hybridized carbons (Fsp3) is 0.833. The SMILES string of the molecule is CC1(O)CN(C(=O)C(F)(F)Cl)C1. The molecule has 1 N–H and O–H groups in total. The van der Waals surface area contributed by atoms with Gasteiger partial charge in [0.05, 0.1) is 18.7 Å². The molecule has 0 bridgehead atoms. The summed E-state index contributed by atoms with van der Waals surface area (Å²) in [4.78, 5) is 11.5. The van der Waals surface area contributed by atoms with Crippen LogP contribution in [0.1, 0.15) is 6.92 Å². The minimum absolute atomic E-state index is 0.0891. The molecule has 0 aromatic heterocycles. The number of hydrogen-bond donors (Lipinski definition) is 1. The maximum absolute atomic E-state index is 12.1. The van der Waals surface area contributed by atoms with Crippen LogP contribution in [0.5, 0.6) is 0 Å². The highest BCUT2D eigenvalue weighted by Crippen LogP contribution is 2.28. The lowest BCUT2D eigenvalue weighted by Crippen LogP contribution is -2.63. The van der Waals surface area contributed by atoms with E-state index in [0.717, 1.165) is 4.90 Å². The van der Waals surface area contributed by atoms with Gasteiger partial charge in [-0.25, -0.2) is 0 Å². The van der Waals surface area contributed by atoms with Gasteiger partial charge in [-0.05, 0) is 18.5 Å². The van der Waals surface area contributed by atoms with E-state index in [1.165, 1.54) is 6.92 Å². The summed E-state index contributed by atoms with van der Waals surface area (Å²) in [5, 5.41) is 5.27. The summed E-state index contributed by atoms with van der Waals surface area (Å²) in [5.41, 5.74) is -1.04. The van der Waals surface area contributed by atoms with Crippen molar-refractivity contribution in [2.24, 2.45) is 0 Å². The van der Waals surface area contributed by atoms with Crippen molar-refractivity contribution in [3.63, 3.8) is 0 Å². The average Bonchev–Trinajstić information content (AvgIpc) is 1.78. The maximum atomic E-state index is 12.1. The van der Waals surface area contributed by atoms with Crippen LogP contribution in [0.25, 0.3) is 0 Å². The Morgan fingerprint density at radius 1 is 1.67 bits per heavy atom. The minimum atomic E-state index is -3.85. The predicted molar refractivity (Wildman–Crippen MR) is 38.0 cm³/mol. The van der Waals surface area contributed by atoms with E-state index in [2.05, 4.69) is 11.6 Å². The zero-order chi connectivity index (χ0) is 9.57. The Morgan fingerprint density at radius 2 is 2.08 bits per heavy atom. The molecule has 0 aromatic carbocycles. The number of nitrogens with zero attached hydrogens (tertiary/aromatic N) is 1. The largest absolute Gasteiger partial charge is 0.399 e. The molecule has 0 radical (unpaired) electrons. The molecule has 6 heteroatoms. The van der Waals surface area contributed by atoms with E-state index in [-0.39, 0.29) is 13.1 Å². The van der Waals surface area contributed by atoms with Crippen molar-refractivity contribution in [2.45, 2.75) is 17.9 Å². The Bertz CT molecular complexity index is 206. The highest BCUT2D eigenvalue weighted by molar-refractivity contribution is 6.32. The van der Waals surface area contributed by atoms with Crippen molar-refractivity contribution in [1.29, 1.82) is 0 Å². The van der Waals surface area contributed by atoms with Crippen molar-refractivity contribution in [3.8, 4) is 0 Å². The lowest BCUT2D eigenvalue weighted by molar-refractivity contribution is -0.167. The highest BCUT2D eigenvalue weighted by atomic mass is 35.5. The molecule has 0 saturated carbocycles. The number of likely N-dealkylation sites (tertiary alicyclic amines) is 1. The molecule has 0 aromatic rings. The first-order chi connectivity index (χ1) is 5.22. The van der Waals surface area contributed by atoms with Crippen molar-refractivity contribution >= 4 is 17.5 Å². The zero-order valence-electron chi connectivity index (χ0n) is 6.35. The fourth-order valence-electron chi connectivity index (χ4n) is 1.10. The second kappa shape index (κ2) is 2.53. The molecular formula is C6H8ClF2NO2. The van der Waals surface area contributed by atoms with E-state index >= 15 is 0 Å². The summed E-state index contributed by atoms with van der Waals surface area (Å²) in [7, 11) is 0. The van der Waals surface area contributed by atoms with Gasteiger partial charge in [-0.2, -0.15) is 8.78 Å². The summed E-state index contributed by atoms with van der Waals surface area (Å²) in [6.07, 6.45) is 0. The summed E-state index contributed by atoms with van der Waals surface area (Å²) < 4.78 is 24.3. The lowest BCUT2D eigenvalue weighted by atomic mass is 9.97. The number of carbonyl (C=O) groups is 1. The molecule has 70 valence electrons. The summed E-state index contributed by atoms with van der Waals surface area (Å²) in [6, 6.07) is 0. The maximum Gasteiger partial charge on any atom is 0.399 e. The van der Waals surface area contributed by atoms with Crippen LogP contribution in [0, 0.1) is 0 Å². The second-order valence-corrected chi connectivity index (χ2v) is 3.63. The van der Waals surface area contributed by atoms with E-state index in [9.17, 15) is 13.6 Å². The molecule has 1 rings (SSSR count). The molecule has 1 aliphatic rings. The second-order valence-electron chi connectivity index (χ2n) is 3.16. The third kappa shape index (κ3) is 1.84. The zero-order valence-corrected chi connectivity index (χ0v) is 7.11. The number of β-amino-alcohol motifs (C(OH)–C–C–N with tert-alkyl or cyclic N) is 1. The number of aliphatic hydroxyl groups is 1. The van der Waals surface area contributed by atoms with Crippen LogP contribution >= 0.6 is 11.6 Å². The van der Waals surface area contributed by atoms with Crippen LogP contribution in [-0.4, -0.2) is 40.0 Å². The highest BCUT2D eigenvalue weighted by Gasteiger charge is 2.48. The molecular weight excluding hydrogens is 192 g/mol. The Balaban J connectivity index is 2.50. The van der Waals surface area contributed by atoms with Crippen molar-refractivity contribution in [3.05, 3.63) is 0 Å². The number of halogens is 3. The Kier molecular flexibility index (Phi) is 2.04. The minimum Gasteiger partial charge on any atom is -0.386 e. The van der Waals surface area contributed by atoms with Crippen LogP contribution in [0.4, 0.5) is 8.78 Å². The number of hydrogen-bond acceptors (Lipinski definition) is 2. The van der Waals surface area contributed by atoms with Crippen molar-refractivity contribution in [2.75, 3.05) is 13.1 Å². The fourth-order valence-corrected chi connectivity index (χ4v) is 1.22. The average molecular weight is 200 g/mol. The monoisotopic (exact) mass is 199 g/mol. The number of amides is 1. The van der Waals surface area contributed by atoms with Crippen LogP contribution in [0.2, 0.25) is 0 Å². The number of rotatable bonds is 1. The molecule has 12 heavy (non-hydrogen) atoms. The Morgan fingerprint density at radius 3 is 2.33 bits per heavy atom. The molecule has 3 nitrogen and oxygen atoms in total. The number of carbonyl (C=O) groups excluding carboxylic acids is 1. The molecule has 1 fully saturated rings. The predicted octanol–water partition coefficient (Wildman–Crippen LogP) is 0.411. The topological polar surface area (TPSA) is 40.5 Å². The first kappa shape index (κ1) is 9.67. The van der Waals surface area contributed by atoms with E-state index in [4.69, 9.17) is 5.11 Å². The molecule has 0 aliphatic carbocycles. The molecule has 0 atom stereocenters. The van der Waals surface area contributed by atoms with Crippen LogP contribution < -0.4 is 0 Å². The van der Waals surface area contributed by atoms with Gasteiger partial charge in [-0.15, -0.1) is 0 Å². The van der Waals surface area contributed by atoms with Gasteiger partial charge in [0.15, 0.2) is 0 Å². The lowest BCUT2D eigenvalue weighted by Gasteiger charge is -2.44. The smallest absolute Gasteiger partial charge is 0.386 e. The standard InChI is InChI=1S/C6H8ClF2NO2/c1-5(12)2-10(3-5)4(11)6(7,8)9/h12H,2-3H2,1H3. The molecule has 0 unspecified atom stereocenters. The van der Waals surface area contributed by atoms with Gasteiger partial charge in [0, 0.05) is 0 Å². The van der Waals surface area contributed by atoms with E-state index < -0.39 is 16.9 Å². The van der Waals surface area contributed by atoms with Crippen molar-refractivity contribution < 1.29 is 18.7 Å². The van der Waals surface area contributed by atoms with Gasteiger partial charge in [0.2, 0.25) is 0 Å². The molecule has 1 heterocycles. The summed E-state index contributed by atoms with van der Waals surface area (Å²) in [6.45, 7) is 1.28. The van der Waals surface area contributed by atoms with Gasteiger partial charge in [0.1, 0.15) is 0 Å². The van der Waals surface area contributed by atoms with Gasteiger partial charge >= 0.3 is 11.3 Å². The third-order valence-electron chi connectivity index (χ3n) is 1.59. The molecule has 1 saturated heterocycles. The van der Waals surface area contributed by atoms with Gasteiger partial charge in [-0.1, -0.05) is 0 Å². The summed E-state index contributed by atoms with van der Waals surface area (Å²) >= 11 is 4.48. The first-order valence-corrected chi connectivity index (χ1v) is 3.69. The van der Waals surface area contributed by atoms with Gasteiger partial charge in [-0.3, -0.25) is 4.79 Å². The van der Waals surface area contributed by atoms with Gasteiger partial charge < -0.3 is 10.0 Å². The van der Waals surface area contributed by atoms with Crippen LogP contribution in [0.15, 0.2) is 0 Å². The van der Waals surface area contributed by atoms with E-state index in [0.29, 0.717) is 0 Å². The Labute approximate surface area is 72.9 Å². The van der Waals surface area contributed by atoms with Crippen molar-refractivity contribution in [1.82, 2.24) is 4.90 Å². The normalized spacial score (nSPS) is 21.9. The van der Waals surface area contributed by atoms with Gasteiger partial charge in [0.25, 0.3) is 0 Å². The summed E-state index contributed by atoms with van der Waals surface area (Å²) in [5.74, 6) is -1.45. The first-order valence-electron chi connectivity index (χ1n) is 3.31. The van der Waals surface area contributed by atoms with E-state index in [1.807, 2.05) is 0 Å².